The van der Waals surface area contributed by atoms with E-state index in [2.05, 4.69) is 23.4 Å². The monoisotopic (exact) mass is 259 g/mol. The van der Waals surface area contributed by atoms with Crippen LogP contribution in [0.2, 0.25) is 0 Å². The van der Waals surface area contributed by atoms with Gasteiger partial charge in [-0.25, -0.2) is 0 Å². The number of para-hydroxylation sites is 1. The van der Waals surface area contributed by atoms with Gasteiger partial charge in [0.05, 0.1) is 12.8 Å². The van der Waals surface area contributed by atoms with Gasteiger partial charge in [-0.3, -0.25) is 4.68 Å². The van der Waals surface area contributed by atoms with Gasteiger partial charge in [-0.15, -0.1) is 0 Å². The number of hydrogen-bond donors (Lipinski definition) is 1. The summed E-state index contributed by atoms with van der Waals surface area (Å²) < 4.78 is 7.51. The lowest BCUT2D eigenvalue weighted by Crippen LogP contribution is -2.14. The van der Waals surface area contributed by atoms with E-state index < -0.39 is 0 Å². The van der Waals surface area contributed by atoms with Crippen molar-refractivity contribution < 1.29 is 4.74 Å². The van der Waals surface area contributed by atoms with Crippen LogP contribution < -0.4 is 10.1 Å². The van der Waals surface area contributed by atoms with Crippen LogP contribution in [0.4, 0.5) is 0 Å². The lowest BCUT2D eigenvalue weighted by molar-refractivity contribution is 0.335. The van der Waals surface area contributed by atoms with Gasteiger partial charge in [0, 0.05) is 37.0 Å². The molecule has 0 unspecified atom stereocenters. The first kappa shape index (κ1) is 13.6. The maximum atomic E-state index is 5.61. The fourth-order valence-corrected chi connectivity index (χ4v) is 2.00. The summed E-state index contributed by atoms with van der Waals surface area (Å²) in [7, 11) is 1.96. The summed E-state index contributed by atoms with van der Waals surface area (Å²) in [6.45, 7) is 6.39. The molecule has 0 aliphatic rings. The van der Waals surface area contributed by atoms with Crippen LogP contribution >= 0.6 is 0 Å². The number of benzene rings is 1. The van der Waals surface area contributed by atoms with Crippen molar-refractivity contribution in [2.75, 3.05) is 6.61 Å². The van der Waals surface area contributed by atoms with E-state index >= 15 is 0 Å². The van der Waals surface area contributed by atoms with Gasteiger partial charge in [0.25, 0.3) is 0 Å². The highest BCUT2D eigenvalue weighted by Gasteiger charge is 2.05. The van der Waals surface area contributed by atoms with Gasteiger partial charge in [0.1, 0.15) is 5.75 Å². The molecule has 0 saturated carbocycles. The molecule has 0 saturated heterocycles. The van der Waals surface area contributed by atoms with E-state index in [1.807, 2.05) is 43.0 Å². The van der Waals surface area contributed by atoms with Crippen LogP contribution in [0.3, 0.4) is 0 Å². The van der Waals surface area contributed by atoms with E-state index in [-0.39, 0.29) is 0 Å². The Morgan fingerprint density at radius 2 is 1.95 bits per heavy atom. The molecule has 0 amide bonds. The highest BCUT2D eigenvalue weighted by molar-refractivity contribution is 5.33. The van der Waals surface area contributed by atoms with Crippen molar-refractivity contribution in [1.82, 2.24) is 15.1 Å². The molecule has 0 spiro atoms. The third kappa shape index (κ3) is 3.35. The Morgan fingerprint density at radius 3 is 2.63 bits per heavy atom. The highest BCUT2D eigenvalue weighted by Crippen LogP contribution is 2.17. The average molecular weight is 259 g/mol. The third-order valence-corrected chi connectivity index (χ3v) is 3.24. The molecule has 1 N–H and O–H groups in total. The number of nitrogens with one attached hydrogen (secondary N) is 1. The Hall–Kier alpha value is -1.81. The van der Waals surface area contributed by atoms with Crippen molar-refractivity contribution in [3.05, 3.63) is 47.3 Å². The average Bonchev–Trinajstić information content (AvgIpc) is 2.73. The van der Waals surface area contributed by atoms with Gasteiger partial charge in [-0.2, -0.15) is 5.10 Å². The van der Waals surface area contributed by atoms with Gasteiger partial charge >= 0.3 is 0 Å². The van der Waals surface area contributed by atoms with Crippen molar-refractivity contribution in [1.29, 1.82) is 0 Å². The van der Waals surface area contributed by atoms with Crippen molar-refractivity contribution >= 4 is 0 Å². The highest BCUT2D eigenvalue weighted by atomic mass is 16.5. The van der Waals surface area contributed by atoms with Crippen LogP contribution in [0.25, 0.3) is 0 Å². The molecule has 2 rings (SSSR count). The topological polar surface area (TPSA) is 39.1 Å². The lowest BCUT2D eigenvalue weighted by atomic mass is 10.2. The summed E-state index contributed by atoms with van der Waals surface area (Å²) in [4.78, 5) is 0. The second-order valence-corrected chi connectivity index (χ2v) is 4.52. The minimum absolute atomic E-state index is 0.693. The van der Waals surface area contributed by atoms with E-state index in [0.29, 0.717) is 6.61 Å². The van der Waals surface area contributed by atoms with Crippen LogP contribution in [0.5, 0.6) is 5.75 Å². The molecule has 19 heavy (non-hydrogen) atoms. The van der Waals surface area contributed by atoms with Crippen molar-refractivity contribution in [3.63, 3.8) is 0 Å². The van der Waals surface area contributed by atoms with Crippen LogP contribution in [0.1, 0.15) is 23.7 Å². The fraction of sp³-hybridized carbons (Fsp3) is 0.400. The molecule has 0 radical (unpaired) electrons. The minimum atomic E-state index is 0.693. The van der Waals surface area contributed by atoms with E-state index in [1.54, 1.807) is 0 Å². The molecule has 1 heterocycles. The zero-order valence-corrected chi connectivity index (χ0v) is 11.8. The predicted octanol–water partition coefficient (Wildman–Crippen LogP) is 2.42. The minimum Gasteiger partial charge on any atom is -0.494 e. The summed E-state index contributed by atoms with van der Waals surface area (Å²) >= 11 is 0. The van der Waals surface area contributed by atoms with Crippen LogP contribution in [0, 0.1) is 6.92 Å². The fourth-order valence-electron chi connectivity index (χ4n) is 2.00. The standard InChI is InChI=1S/C15H21N3O/c1-4-19-15-8-6-5-7-13(15)9-16-10-14-11-17-18(3)12(14)2/h5-8,11,16H,4,9-10H2,1-3H3. The van der Waals surface area contributed by atoms with Crippen molar-refractivity contribution in [2.45, 2.75) is 26.9 Å². The number of aromatic nitrogens is 2. The summed E-state index contributed by atoms with van der Waals surface area (Å²) in [5.74, 6) is 0.959. The van der Waals surface area contributed by atoms with Crippen LogP contribution in [-0.2, 0) is 20.1 Å². The Morgan fingerprint density at radius 1 is 1.21 bits per heavy atom. The van der Waals surface area contributed by atoms with E-state index in [4.69, 9.17) is 4.74 Å². The molecule has 0 aliphatic carbocycles. The molecule has 1 aromatic heterocycles. The molecule has 0 aliphatic heterocycles. The van der Waals surface area contributed by atoms with Gasteiger partial charge in [0.2, 0.25) is 0 Å². The van der Waals surface area contributed by atoms with Crippen molar-refractivity contribution in [3.8, 4) is 5.75 Å². The molecule has 0 bridgehead atoms. The largest absolute Gasteiger partial charge is 0.494 e. The van der Waals surface area contributed by atoms with Gasteiger partial charge in [-0.1, -0.05) is 18.2 Å². The molecule has 2 aromatic rings. The molecule has 0 atom stereocenters. The lowest BCUT2D eigenvalue weighted by Gasteiger charge is -2.10. The number of rotatable bonds is 6. The van der Waals surface area contributed by atoms with Crippen LogP contribution in [0.15, 0.2) is 30.5 Å². The van der Waals surface area contributed by atoms with E-state index in [0.717, 1.165) is 18.8 Å². The Balaban J connectivity index is 1.94. The number of aryl methyl sites for hydroxylation is 1. The molecule has 4 nitrogen and oxygen atoms in total. The number of nitrogens with zero attached hydrogens (tertiary/aromatic N) is 2. The zero-order valence-electron chi connectivity index (χ0n) is 11.8. The zero-order chi connectivity index (χ0) is 13.7. The maximum Gasteiger partial charge on any atom is 0.123 e. The molecular formula is C15H21N3O. The Bertz CT molecular complexity index is 534. The first-order valence-corrected chi connectivity index (χ1v) is 6.61. The summed E-state index contributed by atoms with van der Waals surface area (Å²) in [6, 6.07) is 8.14. The quantitative estimate of drug-likeness (QED) is 0.866. The number of ether oxygens (including phenoxy) is 1. The van der Waals surface area contributed by atoms with Crippen molar-refractivity contribution in [2.24, 2.45) is 7.05 Å². The van der Waals surface area contributed by atoms with E-state index in [9.17, 15) is 0 Å². The predicted molar refractivity (Wildman–Crippen MR) is 76.1 cm³/mol. The molecule has 1 aromatic carbocycles. The Labute approximate surface area is 114 Å². The normalized spacial score (nSPS) is 10.7. The molecular weight excluding hydrogens is 238 g/mol. The Kier molecular flexibility index (Phi) is 4.58. The molecule has 4 heteroatoms. The summed E-state index contributed by atoms with van der Waals surface area (Å²) in [5.41, 5.74) is 3.62. The second-order valence-electron chi connectivity index (χ2n) is 4.52. The third-order valence-electron chi connectivity index (χ3n) is 3.24. The van der Waals surface area contributed by atoms with E-state index in [1.165, 1.54) is 16.8 Å². The second kappa shape index (κ2) is 6.38. The first-order valence-electron chi connectivity index (χ1n) is 6.61. The SMILES string of the molecule is CCOc1ccccc1CNCc1cnn(C)c1C. The maximum absolute atomic E-state index is 5.61. The first-order chi connectivity index (χ1) is 9.22. The summed E-state index contributed by atoms with van der Waals surface area (Å²) in [5, 5.41) is 7.68. The molecule has 102 valence electrons. The van der Waals surface area contributed by atoms with Crippen LogP contribution in [-0.4, -0.2) is 16.4 Å². The summed E-state index contributed by atoms with van der Waals surface area (Å²) in [6.07, 6.45) is 1.91. The van der Waals surface area contributed by atoms with Gasteiger partial charge in [0.15, 0.2) is 0 Å². The van der Waals surface area contributed by atoms with Gasteiger partial charge in [-0.05, 0) is 19.9 Å². The number of hydrogen-bond acceptors (Lipinski definition) is 3. The smallest absolute Gasteiger partial charge is 0.123 e. The molecule has 0 fully saturated rings. The van der Waals surface area contributed by atoms with Gasteiger partial charge < -0.3 is 10.1 Å².